The lowest BCUT2D eigenvalue weighted by molar-refractivity contribution is -0.141. The standard InChI is InChI=1S/C11H21ClO2/c1-2-3-4-5-6-7-8-10(9-12)11(13)14/h10H,2-9H2,1H3,(H,13,14). The van der Waals surface area contributed by atoms with Crippen molar-refractivity contribution in [3.8, 4) is 0 Å². The molecular weight excluding hydrogens is 200 g/mol. The van der Waals surface area contributed by atoms with Crippen LogP contribution in [0.15, 0.2) is 0 Å². The fourth-order valence-electron chi connectivity index (χ4n) is 1.44. The van der Waals surface area contributed by atoms with E-state index in [1.807, 2.05) is 0 Å². The van der Waals surface area contributed by atoms with Crippen molar-refractivity contribution >= 4 is 17.6 Å². The number of rotatable bonds is 9. The van der Waals surface area contributed by atoms with Gasteiger partial charge in [0.05, 0.1) is 5.92 Å². The van der Waals surface area contributed by atoms with E-state index in [9.17, 15) is 4.79 Å². The molecule has 0 aliphatic rings. The summed E-state index contributed by atoms with van der Waals surface area (Å²) in [6, 6.07) is 0. The molecule has 0 saturated heterocycles. The third kappa shape index (κ3) is 7.19. The third-order valence-corrected chi connectivity index (χ3v) is 2.81. The molecule has 0 aromatic carbocycles. The highest BCUT2D eigenvalue weighted by Gasteiger charge is 2.14. The highest BCUT2D eigenvalue weighted by molar-refractivity contribution is 6.19. The van der Waals surface area contributed by atoms with Gasteiger partial charge in [0.2, 0.25) is 0 Å². The molecule has 0 radical (unpaired) electrons. The van der Waals surface area contributed by atoms with E-state index in [0.717, 1.165) is 19.3 Å². The summed E-state index contributed by atoms with van der Waals surface area (Å²) in [5.74, 6) is -0.860. The molecule has 0 bridgehead atoms. The number of carboxylic acids is 1. The van der Waals surface area contributed by atoms with Gasteiger partial charge in [-0.05, 0) is 6.42 Å². The van der Waals surface area contributed by atoms with Crippen molar-refractivity contribution in [1.82, 2.24) is 0 Å². The molecule has 2 nitrogen and oxygen atoms in total. The second-order valence-electron chi connectivity index (χ2n) is 3.75. The first kappa shape index (κ1) is 13.8. The number of aliphatic carboxylic acids is 1. The summed E-state index contributed by atoms with van der Waals surface area (Å²) in [6.45, 7) is 2.19. The maximum absolute atomic E-state index is 10.6. The number of halogens is 1. The van der Waals surface area contributed by atoms with Crippen LogP contribution in [0.5, 0.6) is 0 Å². The van der Waals surface area contributed by atoms with Crippen LogP contribution in [-0.4, -0.2) is 17.0 Å². The summed E-state index contributed by atoms with van der Waals surface area (Å²) in [6.07, 6.45) is 7.90. The number of alkyl halides is 1. The van der Waals surface area contributed by atoms with Crippen molar-refractivity contribution in [3.63, 3.8) is 0 Å². The smallest absolute Gasteiger partial charge is 0.307 e. The zero-order valence-corrected chi connectivity index (χ0v) is 9.72. The molecule has 0 amide bonds. The topological polar surface area (TPSA) is 37.3 Å². The van der Waals surface area contributed by atoms with Gasteiger partial charge < -0.3 is 5.11 Å². The minimum atomic E-state index is -0.756. The molecule has 0 aliphatic carbocycles. The lowest BCUT2D eigenvalue weighted by Gasteiger charge is -2.07. The molecule has 0 saturated carbocycles. The van der Waals surface area contributed by atoms with Gasteiger partial charge in [-0.25, -0.2) is 0 Å². The van der Waals surface area contributed by atoms with E-state index in [0.29, 0.717) is 0 Å². The van der Waals surface area contributed by atoms with Crippen LogP contribution < -0.4 is 0 Å². The Morgan fingerprint density at radius 1 is 1.21 bits per heavy atom. The summed E-state index contributed by atoms with van der Waals surface area (Å²) in [5.41, 5.74) is 0. The Balaban J connectivity index is 3.29. The van der Waals surface area contributed by atoms with Crippen LogP contribution in [0.4, 0.5) is 0 Å². The summed E-state index contributed by atoms with van der Waals surface area (Å²) in [4.78, 5) is 10.6. The molecule has 1 N–H and O–H groups in total. The summed E-state index contributed by atoms with van der Waals surface area (Å²) >= 11 is 5.54. The minimum absolute atomic E-state index is 0.240. The van der Waals surface area contributed by atoms with Gasteiger partial charge >= 0.3 is 5.97 Å². The Kier molecular flexibility index (Phi) is 9.16. The molecule has 84 valence electrons. The Hall–Kier alpha value is -0.240. The van der Waals surface area contributed by atoms with E-state index in [-0.39, 0.29) is 11.8 Å². The average Bonchev–Trinajstić information content (AvgIpc) is 2.16. The van der Waals surface area contributed by atoms with Crippen LogP contribution >= 0.6 is 11.6 Å². The number of carboxylic acid groups (broad SMARTS) is 1. The first-order chi connectivity index (χ1) is 6.72. The SMILES string of the molecule is CCCCCCCCC(CCl)C(=O)O. The molecule has 0 rings (SSSR count). The van der Waals surface area contributed by atoms with Gasteiger partial charge in [0.15, 0.2) is 0 Å². The zero-order chi connectivity index (χ0) is 10.8. The van der Waals surface area contributed by atoms with Crippen LogP contribution in [0.25, 0.3) is 0 Å². The Morgan fingerprint density at radius 2 is 1.79 bits per heavy atom. The Morgan fingerprint density at radius 3 is 2.29 bits per heavy atom. The van der Waals surface area contributed by atoms with Crippen molar-refractivity contribution in [2.45, 2.75) is 51.9 Å². The first-order valence-corrected chi connectivity index (χ1v) is 6.04. The lowest BCUT2D eigenvalue weighted by Crippen LogP contribution is -2.14. The predicted molar refractivity (Wildman–Crippen MR) is 59.8 cm³/mol. The van der Waals surface area contributed by atoms with Crippen molar-refractivity contribution in [3.05, 3.63) is 0 Å². The first-order valence-electron chi connectivity index (χ1n) is 5.51. The number of unbranched alkanes of at least 4 members (excludes halogenated alkanes) is 5. The number of hydrogen-bond acceptors (Lipinski definition) is 1. The third-order valence-electron chi connectivity index (χ3n) is 2.44. The molecule has 0 aromatic rings. The van der Waals surface area contributed by atoms with Gasteiger partial charge in [-0.15, -0.1) is 11.6 Å². The molecule has 3 heteroatoms. The van der Waals surface area contributed by atoms with Gasteiger partial charge in [0.25, 0.3) is 0 Å². The molecule has 0 spiro atoms. The second kappa shape index (κ2) is 9.32. The number of hydrogen-bond donors (Lipinski definition) is 1. The highest BCUT2D eigenvalue weighted by Crippen LogP contribution is 2.13. The van der Waals surface area contributed by atoms with Crippen LogP contribution in [-0.2, 0) is 4.79 Å². The average molecular weight is 221 g/mol. The van der Waals surface area contributed by atoms with Crippen LogP contribution in [0.1, 0.15) is 51.9 Å². The molecule has 0 aromatic heterocycles. The van der Waals surface area contributed by atoms with E-state index in [4.69, 9.17) is 16.7 Å². The fraction of sp³-hybridized carbons (Fsp3) is 0.909. The maximum atomic E-state index is 10.6. The van der Waals surface area contributed by atoms with Crippen LogP contribution in [0, 0.1) is 5.92 Å². The predicted octanol–water partition coefficient (Wildman–Crippen LogP) is 3.68. The minimum Gasteiger partial charge on any atom is -0.481 e. The van der Waals surface area contributed by atoms with E-state index in [1.54, 1.807) is 0 Å². The lowest BCUT2D eigenvalue weighted by atomic mass is 10.0. The maximum Gasteiger partial charge on any atom is 0.307 e. The molecule has 0 fully saturated rings. The zero-order valence-electron chi connectivity index (χ0n) is 8.97. The molecule has 1 atom stereocenters. The molecule has 14 heavy (non-hydrogen) atoms. The van der Waals surface area contributed by atoms with Gasteiger partial charge in [-0.2, -0.15) is 0 Å². The molecular formula is C11H21ClO2. The monoisotopic (exact) mass is 220 g/mol. The normalized spacial score (nSPS) is 12.7. The summed E-state index contributed by atoms with van der Waals surface area (Å²) in [5, 5.41) is 8.73. The highest BCUT2D eigenvalue weighted by atomic mass is 35.5. The van der Waals surface area contributed by atoms with E-state index >= 15 is 0 Å². The van der Waals surface area contributed by atoms with Gasteiger partial charge in [-0.1, -0.05) is 45.4 Å². The van der Waals surface area contributed by atoms with E-state index in [1.165, 1.54) is 25.7 Å². The molecule has 0 heterocycles. The quantitative estimate of drug-likeness (QED) is 0.476. The molecule has 0 aliphatic heterocycles. The van der Waals surface area contributed by atoms with Crippen molar-refractivity contribution in [2.75, 3.05) is 5.88 Å². The number of carbonyl (C=O) groups is 1. The van der Waals surface area contributed by atoms with Gasteiger partial charge in [-0.3, -0.25) is 4.79 Å². The van der Waals surface area contributed by atoms with Crippen LogP contribution in [0.3, 0.4) is 0 Å². The van der Waals surface area contributed by atoms with E-state index < -0.39 is 5.97 Å². The summed E-state index contributed by atoms with van der Waals surface area (Å²) < 4.78 is 0. The second-order valence-corrected chi connectivity index (χ2v) is 4.05. The van der Waals surface area contributed by atoms with Crippen molar-refractivity contribution in [2.24, 2.45) is 5.92 Å². The van der Waals surface area contributed by atoms with Crippen LogP contribution in [0.2, 0.25) is 0 Å². The van der Waals surface area contributed by atoms with Crippen molar-refractivity contribution in [1.29, 1.82) is 0 Å². The van der Waals surface area contributed by atoms with Gasteiger partial charge in [0.1, 0.15) is 0 Å². The largest absolute Gasteiger partial charge is 0.481 e. The van der Waals surface area contributed by atoms with Crippen molar-refractivity contribution < 1.29 is 9.90 Å². The summed E-state index contributed by atoms with van der Waals surface area (Å²) in [7, 11) is 0. The Bertz CT molecular complexity index is 148. The van der Waals surface area contributed by atoms with Gasteiger partial charge in [0, 0.05) is 5.88 Å². The van der Waals surface area contributed by atoms with E-state index in [2.05, 4.69) is 6.92 Å². The Labute approximate surface area is 91.6 Å². The molecule has 1 unspecified atom stereocenters. The fourth-order valence-corrected chi connectivity index (χ4v) is 1.72.